The van der Waals surface area contributed by atoms with Crippen molar-refractivity contribution in [3.05, 3.63) is 239 Å². The van der Waals surface area contributed by atoms with E-state index >= 15 is 0 Å². The number of hydrogen-bond donors (Lipinski definition) is 10. The Labute approximate surface area is 690 Å². The molecular formula is C75H61CuN13O23S5. The van der Waals surface area contributed by atoms with Crippen molar-refractivity contribution in [1.82, 2.24) is 0 Å². The third-order valence-corrected chi connectivity index (χ3v) is 19.6. The largest absolute Gasteiger partial charge is 0.506 e. The van der Waals surface area contributed by atoms with E-state index in [1.165, 1.54) is 63.8 Å². The van der Waals surface area contributed by atoms with Gasteiger partial charge in [0.1, 0.15) is 62.0 Å². The summed E-state index contributed by atoms with van der Waals surface area (Å²) in [6.45, 7) is 3.70. The molecule has 12 aromatic carbocycles. The van der Waals surface area contributed by atoms with Crippen LogP contribution in [0, 0.1) is 24.0 Å². The monoisotopic (exact) mass is 1730 g/mol. The maximum absolute atomic E-state index is 12.0. The van der Waals surface area contributed by atoms with Crippen LogP contribution < -0.4 is 24.8 Å². The summed E-state index contributed by atoms with van der Waals surface area (Å²) < 4.78 is 68.6. The van der Waals surface area contributed by atoms with Crippen molar-refractivity contribution >= 4 is 177 Å². The number of aromatic hydroxyl groups is 3. The number of benzene rings is 12. The predicted octanol–water partition coefficient (Wildman–Crippen LogP) is 24.0. The van der Waals surface area contributed by atoms with Crippen molar-refractivity contribution in [2.75, 3.05) is 32.0 Å². The molecule has 0 aliphatic heterocycles. The van der Waals surface area contributed by atoms with Gasteiger partial charge >= 0.3 is 0 Å². The standard InChI is InChI=1S/C38H33N7O9S2.C37H28N6O14S3.Cu/c1-22-16-32(34(49-3)20-30(22)41-40-26-10-13-28(14-11-26)55-53-51-47)43-42-31-21-35(50-4)33(17-23(31)2)44-45-37-36(56-54-52-48)19-24-18-27(12-15-29(24)38(37)46)39-25-8-6-5-7-9-25;1-53-32-20-29(40-42-36-34(59-57-55-49)16-23-15-25(12-14-28(23)37(36)45)38-24-5-3-2-4-6-24)31(44)19-30(32)41-39-26-11-9-21(33(17-26)58-56-54-48)7-8-22-10-13-27(43(46)47)18-35(22)60(50,51)52;/h5-21,39,46-48H,1-4H3;2-20,38,44-45,48-49H,1H3,(H,50,51,52);. The smallest absolute Gasteiger partial charge is 0.295 e. The Morgan fingerprint density at radius 3 is 1.33 bits per heavy atom. The normalized spacial score (nSPS) is 11.7. The maximum Gasteiger partial charge on any atom is 0.295 e. The molecule has 0 aliphatic rings. The second-order valence-electron chi connectivity index (χ2n) is 23.5. The fourth-order valence-electron chi connectivity index (χ4n) is 10.7. The number of non-ortho nitro benzene ring substituents is 1. The number of rotatable bonds is 33. The number of phenolic OH excluding ortho intramolecular Hbond substituents is 3. The van der Waals surface area contributed by atoms with Crippen LogP contribution in [0.15, 0.2) is 282 Å². The van der Waals surface area contributed by atoms with Crippen LogP contribution in [0.5, 0.6) is 34.5 Å². The number of anilines is 4. The molecule has 36 nitrogen and oxygen atoms in total. The number of nitro benzene ring substituents is 1. The van der Waals surface area contributed by atoms with Crippen LogP contribution in [0.3, 0.4) is 0 Å². The number of nitrogens with zero attached hydrogens (tertiary/aromatic N) is 11. The summed E-state index contributed by atoms with van der Waals surface area (Å²) in [5, 5.41) is 146. The average Bonchev–Trinajstić information content (AvgIpc) is 0.784. The summed E-state index contributed by atoms with van der Waals surface area (Å²) in [4.78, 5) is 11.1. The Bertz CT molecular complexity index is 5880. The Morgan fingerprint density at radius 2 is 0.838 bits per heavy atom. The average molecular weight is 1740 g/mol. The van der Waals surface area contributed by atoms with E-state index in [-0.39, 0.29) is 78.1 Å². The van der Waals surface area contributed by atoms with Crippen LogP contribution >= 0.6 is 48.2 Å². The number of ether oxygens (including phenoxy) is 3. The minimum Gasteiger partial charge on any atom is -0.506 e. The van der Waals surface area contributed by atoms with Gasteiger partial charge in [0.25, 0.3) is 15.8 Å². The molecule has 0 amide bonds. The van der Waals surface area contributed by atoms with E-state index < -0.39 is 31.4 Å². The van der Waals surface area contributed by atoms with Crippen LogP contribution in [0.2, 0.25) is 0 Å². The molecule has 605 valence electrons. The topological polar surface area (TPSA) is 488 Å². The fraction of sp³-hybridized carbons (Fsp3) is 0.0667. The van der Waals surface area contributed by atoms with Gasteiger partial charge in [0, 0.05) is 96.8 Å². The first-order valence-corrected chi connectivity index (χ1v) is 37.5. The van der Waals surface area contributed by atoms with Crippen molar-refractivity contribution in [3.63, 3.8) is 0 Å². The van der Waals surface area contributed by atoms with Gasteiger partial charge in [0.2, 0.25) is 0 Å². The Morgan fingerprint density at radius 1 is 0.419 bits per heavy atom. The first-order chi connectivity index (χ1) is 56.2. The first-order valence-electron chi connectivity index (χ1n) is 33.1. The van der Waals surface area contributed by atoms with Gasteiger partial charge in [0.05, 0.1) is 107 Å². The Hall–Kier alpha value is -12.0. The molecule has 12 rings (SSSR count). The van der Waals surface area contributed by atoms with E-state index in [9.17, 15) is 38.4 Å². The summed E-state index contributed by atoms with van der Waals surface area (Å²) in [6, 6.07) is 56.9. The summed E-state index contributed by atoms with van der Waals surface area (Å²) in [6.07, 6.45) is 2.68. The molecule has 0 atom stereocenters. The molecule has 0 unspecified atom stereocenters. The van der Waals surface area contributed by atoms with E-state index in [0.29, 0.717) is 119 Å². The van der Waals surface area contributed by atoms with Crippen LogP contribution in [-0.4, -0.2) is 75.6 Å². The van der Waals surface area contributed by atoms with Crippen molar-refractivity contribution in [2.45, 2.75) is 38.3 Å². The van der Waals surface area contributed by atoms with Crippen LogP contribution in [-0.2, 0) is 64.7 Å². The van der Waals surface area contributed by atoms with Gasteiger partial charge in [-0.05, 0) is 174 Å². The van der Waals surface area contributed by atoms with Gasteiger partial charge in [-0.1, -0.05) is 74.8 Å². The third-order valence-electron chi connectivity index (χ3n) is 16.2. The molecule has 0 spiro atoms. The van der Waals surface area contributed by atoms with E-state index in [1.807, 2.05) is 86.6 Å². The molecule has 42 heteroatoms. The van der Waals surface area contributed by atoms with E-state index in [2.05, 4.69) is 94.9 Å². The molecule has 0 saturated heterocycles. The number of hydrogen-bond acceptors (Lipinski definition) is 38. The number of methoxy groups -OCH3 is 3. The number of aryl methyl sites for hydroxylation is 2. The van der Waals surface area contributed by atoms with Gasteiger partial charge < -0.3 is 40.2 Å². The van der Waals surface area contributed by atoms with Crippen LogP contribution in [0.25, 0.3) is 33.7 Å². The summed E-state index contributed by atoms with van der Waals surface area (Å²) in [5.74, 6) is 0.0209. The summed E-state index contributed by atoms with van der Waals surface area (Å²) >= 11 is 2.58. The minimum atomic E-state index is -4.84. The Balaban J connectivity index is 0.000000245. The van der Waals surface area contributed by atoms with Gasteiger partial charge in [-0.15, -0.1) is 48.0 Å². The van der Waals surface area contributed by atoms with E-state index in [0.717, 1.165) is 58.6 Å². The molecule has 0 heterocycles. The van der Waals surface area contributed by atoms with Crippen molar-refractivity contribution in [3.8, 4) is 34.5 Å². The molecular weight excluding hydrogens is 1670 g/mol. The van der Waals surface area contributed by atoms with Gasteiger partial charge in [-0.3, -0.25) is 14.7 Å². The molecule has 1 radical (unpaired) electrons. The molecule has 0 aliphatic carbocycles. The summed E-state index contributed by atoms with van der Waals surface area (Å²) in [5.41, 5.74) is 7.15. The molecule has 117 heavy (non-hydrogen) atoms. The number of phenols is 3. The SMILES string of the molecule is COc1cc(N=Nc2c(SOOO)cc3cc(Nc4ccccc4)ccc3c2O)c(O)cc1N=Nc1ccc(C=Cc2ccc([N+](=O)[O-])cc2S(=O)(=O)O)c(SOOO)c1.COc1cc(N=Nc2ccc(SOOO)cc2)c(C)cc1N=Nc1cc(OC)c(N=Nc2c(SOOO)cc3cc(Nc4ccccc4)ccc3c2O)cc1C.[Cu]. The van der Waals surface area contributed by atoms with Gasteiger partial charge in [-0.25, -0.2) is 21.0 Å². The zero-order valence-corrected chi connectivity index (χ0v) is 65.8. The third kappa shape index (κ3) is 23.2. The molecule has 0 aromatic heterocycles. The molecule has 10 N–H and O–H groups in total. The van der Waals surface area contributed by atoms with Gasteiger partial charge in [-0.2, -0.15) is 28.9 Å². The molecule has 0 fully saturated rings. The fourth-order valence-corrected chi connectivity index (χ4v) is 13.3. The Kier molecular flexibility index (Phi) is 31.4. The van der Waals surface area contributed by atoms with Crippen molar-refractivity contribution < 1.29 is 123 Å². The minimum absolute atomic E-state index is 0. The number of azo groups is 5. The number of fused-ring (bicyclic) bond motifs is 2. The van der Waals surface area contributed by atoms with Crippen molar-refractivity contribution in [1.29, 1.82) is 0 Å². The number of nitro groups is 1. The molecule has 0 saturated carbocycles. The van der Waals surface area contributed by atoms with Crippen LogP contribution in [0.4, 0.5) is 85.3 Å². The quantitative estimate of drug-likeness (QED) is 0.00267. The molecule has 0 bridgehead atoms. The zero-order valence-electron chi connectivity index (χ0n) is 60.7. The summed E-state index contributed by atoms with van der Waals surface area (Å²) in [7, 11) is -0.498. The maximum atomic E-state index is 12.0. The van der Waals surface area contributed by atoms with Crippen LogP contribution in [0.1, 0.15) is 22.3 Å². The van der Waals surface area contributed by atoms with Gasteiger partial charge in [0.15, 0.2) is 11.5 Å². The van der Waals surface area contributed by atoms with E-state index in [1.54, 1.807) is 84.9 Å². The molecule has 12 aromatic rings. The number of nitrogens with one attached hydrogen (secondary N) is 2. The number of para-hydroxylation sites is 2. The predicted molar refractivity (Wildman–Crippen MR) is 429 cm³/mol. The second-order valence-corrected chi connectivity index (χ2v) is 27.9. The zero-order chi connectivity index (χ0) is 82.3. The first kappa shape index (κ1) is 87.4. The van der Waals surface area contributed by atoms with Crippen molar-refractivity contribution in [2.24, 2.45) is 51.1 Å². The van der Waals surface area contributed by atoms with E-state index in [4.69, 9.17) is 39.6 Å². The second kappa shape index (κ2) is 42.1.